The third-order valence-corrected chi connectivity index (χ3v) is 2.96. The maximum atomic E-state index is 5.98. The summed E-state index contributed by atoms with van der Waals surface area (Å²) in [5, 5.41) is 8.74. The molecule has 0 unspecified atom stereocenters. The van der Waals surface area contributed by atoms with E-state index in [1.54, 1.807) is 0 Å². The van der Waals surface area contributed by atoms with Gasteiger partial charge in [-0.05, 0) is 44.5 Å². The van der Waals surface area contributed by atoms with Crippen molar-refractivity contribution in [1.29, 1.82) is 0 Å². The SMILES string of the molecule is CC(C)(C)NCc1ccn(Cc2cccc(Cl)c2)n1. The molecule has 1 N–H and O–H groups in total. The lowest BCUT2D eigenvalue weighted by molar-refractivity contribution is 0.419. The molecule has 0 aliphatic heterocycles. The number of rotatable bonds is 4. The number of nitrogens with zero attached hydrogens (tertiary/aromatic N) is 2. The van der Waals surface area contributed by atoms with E-state index in [1.807, 2.05) is 35.1 Å². The summed E-state index contributed by atoms with van der Waals surface area (Å²) in [7, 11) is 0. The second-order valence-electron chi connectivity index (χ2n) is 5.74. The molecule has 0 bridgehead atoms. The summed E-state index contributed by atoms with van der Waals surface area (Å²) in [6, 6.07) is 9.91. The van der Waals surface area contributed by atoms with E-state index in [9.17, 15) is 0 Å². The van der Waals surface area contributed by atoms with Crippen molar-refractivity contribution in [2.45, 2.75) is 39.4 Å². The van der Waals surface area contributed by atoms with Gasteiger partial charge in [0.2, 0.25) is 0 Å². The minimum Gasteiger partial charge on any atom is -0.306 e. The topological polar surface area (TPSA) is 29.9 Å². The normalized spacial score (nSPS) is 11.8. The Morgan fingerprint density at radius 2 is 2.05 bits per heavy atom. The van der Waals surface area contributed by atoms with Crippen molar-refractivity contribution in [3.63, 3.8) is 0 Å². The number of nitrogens with one attached hydrogen (secondary N) is 1. The van der Waals surface area contributed by atoms with E-state index >= 15 is 0 Å². The van der Waals surface area contributed by atoms with Crippen LogP contribution in [0, 0.1) is 0 Å². The standard InChI is InChI=1S/C15H20ClN3/c1-15(2,3)17-10-14-7-8-19(18-14)11-12-5-4-6-13(16)9-12/h4-9,17H,10-11H2,1-3H3. The quantitative estimate of drug-likeness (QED) is 0.927. The summed E-state index contributed by atoms with van der Waals surface area (Å²) in [4.78, 5) is 0. The molecule has 0 aliphatic carbocycles. The van der Waals surface area contributed by atoms with Crippen LogP contribution in [0.2, 0.25) is 5.02 Å². The average molecular weight is 278 g/mol. The molecule has 1 heterocycles. The van der Waals surface area contributed by atoms with E-state index in [4.69, 9.17) is 11.6 Å². The minimum atomic E-state index is 0.108. The summed E-state index contributed by atoms with van der Waals surface area (Å²) in [5.41, 5.74) is 2.32. The van der Waals surface area contributed by atoms with Gasteiger partial charge in [0, 0.05) is 23.3 Å². The van der Waals surface area contributed by atoms with Gasteiger partial charge in [0.15, 0.2) is 0 Å². The molecule has 0 aliphatic rings. The van der Waals surface area contributed by atoms with Crippen LogP contribution in [0.1, 0.15) is 32.0 Å². The lowest BCUT2D eigenvalue weighted by atomic mass is 10.1. The maximum Gasteiger partial charge on any atom is 0.0762 e. The molecular formula is C15H20ClN3. The second-order valence-corrected chi connectivity index (χ2v) is 6.17. The van der Waals surface area contributed by atoms with Gasteiger partial charge in [-0.2, -0.15) is 5.10 Å². The van der Waals surface area contributed by atoms with Crippen LogP contribution < -0.4 is 5.32 Å². The molecule has 0 fully saturated rings. The van der Waals surface area contributed by atoms with E-state index in [0.717, 1.165) is 29.4 Å². The van der Waals surface area contributed by atoms with Crippen molar-refractivity contribution in [2.75, 3.05) is 0 Å². The van der Waals surface area contributed by atoms with E-state index in [1.165, 1.54) is 0 Å². The molecule has 0 radical (unpaired) electrons. The molecule has 2 aromatic rings. The van der Waals surface area contributed by atoms with Crippen molar-refractivity contribution in [2.24, 2.45) is 0 Å². The highest BCUT2D eigenvalue weighted by atomic mass is 35.5. The van der Waals surface area contributed by atoms with Gasteiger partial charge < -0.3 is 5.32 Å². The summed E-state index contributed by atoms with van der Waals surface area (Å²) in [5.74, 6) is 0. The van der Waals surface area contributed by atoms with Crippen LogP contribution >= 0.6 is 11.6 Å². The Labute approximate surface area is 119 Å². The van der Waals surface area contributed by atoms with Gasteiger partial charge >= 0.3 is 0 Å². The van der Waals surface area contributed by atoms with Crippen molar-refractivity contribution in [3.05, 3.63) is 52.8 Å². The molecule has 1 aromatic heterocycles. The summed E-state index contributed by atoms with van der Waals surface area (Å²) in [6.45, 7) is 7.98. The third-order valence-electron chi connectivity index (χ3n) is 2.73. The van der Waals surface area contributed by atoms with E-state index in [2.05, 4.69) is 37.3 Å². The van der Waals surface area contributed by atoms with Crippen LogP contribution in [0.25, 0.3) is 0 Å². The molecule has 0 saturated carbocycles. The minimum absolute atomic E-state index is 0.108. The van der Waals surface area contributed by atoms with E-state index in [-0.39, 0.29) is 5.54 Å². The van der Waals surface area contributed by atoms with E-state index < -0.39 is 0 Å². The molecule has 4 heteroatoms. The molecule has 0 saturated heterocycles. The van der Waals surface area contributed by atoms with E-state index in [0.29, 0.717) is 0 Å². The first-order chi connectivity index (χ1) is 8.92. The number of benzene rings is 1. The fourth-order valence-electron chi connectivity index (χ4n) is 1.76. The summed E-state index contributed by atoms with van der Waals surface area (Å²) < 4.78 is 1.94. The Kier molecular flexibility index (Phi) is 4.27. The second kappa shape index (κ2) is 5.76. The Bertz CT molecular complexity index is 540. The Hall–Kier alpha value is -1.32. The Morgan fingerprint density at radius 3 is 2.74 bits per heavy atom. The van der Waals surface area contributed by atoms with Gasteiger partial charge in [-0.3, -0.25) is 4.68 Å². The molecule has 2 rings (SSSR count). The highest BCUT2D eigenvalue weighted by molar-refractivity contribution is 6.30. The highest BCUT2D eigenvalue weighted by Crippen LogP contribution is 2.12. The predicted molar refractivity (Wildman–Crippen MR) is 79.4 cm³/mol. The monoisotopic (exact) mass is 277 g/mol. The molecular weight excluding hydrogens is 258 g/mol. The lowest BCUT2D eigenvalue weighted by Gasteiger charge is -2.19. The molecule has 1 aromatic carbocycles. The first-order valence-corrected chi connectivity index (χ1v) is 6.82. The Morgan fingerprint density at radius 1 is 1.26 bits per heavy atom. The van der Waals surface area contributed by atoms with Crippen molar-refractivity contribution in [3.8, 4) is 0 Å². The van der Waals surface area contributed by atoms with Gasteiger partial charge in [0.05, 0.1) is 12.2 Å². The number of hydrogen-bond acceptors (Lipinski definition) is 2. The maximum absolute atomic E-state index is 5.98. The fourth-order valence-corrected chi connectivity index (χ4v) is 1.98. The van der Waals surface area contributed by atoms with Gasteiger partial charge in [-0.15, -0.1) is 0 Å². The van der Waals surface area contributed by atoms with Gasteiger partial charge in [-0.1, -0.05) is 23.7 Å². The molecule has 0 atom stereocenters. The number of halogens is 1. The molecule has 0 amide bonds. The zero-order valence-electron chi connectivity index (χ0n) is 11.7. The van der Waals surface area contributed by atoms with Crippen molar-refractivity contribution < 1.29 is 0 Å². The van der Waals surface area contributed by atoms with Crippen LogP contribution in [-0.2, 0) is 13.1 Å². The molecule has 102 valence electrons. The average Bonchev–Trinajstić information content (AvgIpc) is 2.73. The lowest BCUT2D eigenvalue weighted by Crippen LogP contribution is -2.35. The fraction of sp³-hybridized carbons (Fsp3) is 0.400. The van der Waals surface area contributed by atoms with Crippen LogP contribution in [-0.4, -0.2) is 15.3 Å². The summed E-state index contributed by atoms with van der Waals surface area (Å²) >= 11 is 5.98. The van der Waals surface area contributed by atoms with Crippen LogP contribution in [0.15, 0.2) is 36.5 Å². The highest BCUT2D eigenvalue weighted by Gasteiger charge is 2.09. The van der Waals surface area contributed by atoms with Gasteiger partial charge in [-0.25, -0.2) is 0 Å². The number of aromatic nitrogens is 2. The number of hydrogen-bond donors (Lipinski definition) is 1. The smallest absolute Gasteiger partial charge is 0.0762 e. The van der Waals surface area contributed by atoms with Crippen LogP contribution in [0.3, 0.4) is 0 Å². The first-order valence-electron chi connectivity index (χ1n) is 6.44. The van der Waals surface area contributed by atoms with Crippen LogP contribution in [0.4, 0.5) is 0 Å². The molecule has 0 spiro atoms. The first kappa shape index (κ1) is 14.1. The van der Waals surface area contributed by atoms with Gasteiger partial charge in [0.25, 0.3) is 0 Å². The predicted octanol–water partition coefficient (Wildman–Crippen LogP) is 3.47. The molecule has 3 nitrogen and oxygen atoms in total. The van der Waals surface area contributed by atoms with Crippen LogP contribution in [0.5, 0.6) is 0 Å². The Balaban J connectivity index is 1.97. The van der Waals surface area contributed by atoms with Crippen molar-refractivity contribution in [1.82, 2.24) is 15.1 Å². The van der Waals surface area contributed by atoms with Gasteiger partial charge in [0.1, 0.15) is 0 Å². The third kappa shape index (κ3) is 4.69. The largest absolute Gasteiger partial charge is 0.306 e. The zero-order chi connectivity index (χ0) is 13.9. The summed E-state index contributed by atoms with van der Waals surface area (Å²) in [6.07, 6.45) is 2.00. The molecule has 19 heavy (non-hydrogen) atoms. The van der Waals surface area contributed by atoms with Crippen molar-refractivity contribution >= 4 is 11.6 Å². The zero-order valence-corrected chi connectivity index (χ0v) is 12.4.